The summed E-state index contributed by atoms with van der Waals surface area (Å²) in [6.45, 7) is 2.26. The predicted octanol–water partition coefficient (Wildman–Crippen LogP) is -1.69. The predicted molar refractivity (Wildman–Crippen MR) is 74.7 cm³/mol. The van der Waals surface area contributed by atoms with Crippen LogP contribution in [-0.4, -0.2) is 107 Å². The molecule has 9 nitrogen and oxygen atoms in total. The van der Waals surface area contributed by atoms with Crippen LogP contribution in [0.2, 0.25) is 0 Å². The molecule has 1 saturated heterocycles. The summed E-state index contributed by atoms with van der Waals surface area (Å²) in [5, 5.41) is 26.6. The fourth-order valence-corrected chi connectivity index (χ4v) is 2.23. The van der Waals surface area contributed by atoms with Gasteiger partial charge in [-0.2, -0.15) is 0 Å². The molecule has 0 atom stereocenters. The first kappa shape index (κ1) is 20.2. The number of rotatable bonds is 6. The van der Waals surface area contributed by atoms with Crippen LogP contribution in [0.5, 0.6) is 0 Å². The van der Waals surface area contributed by atoms with Gasteiger partial charge in [-0.1, -0.05) is 0 Å². The first-order valence-electron chi connectivity index (χ1n) is 6.69. The second kappa shape index (κ2) is 10.0. The van der Waals surface area contributed by atoms with Gasteiger partial charge in [-0.3, -0.25) is 33.8 Å². The Morgan fingerprint density at radius 3 is 0.909 bits per heavy atom. The van der Waals surface area contributed by atoms with Crippen LogP contribution >= 0.6 is 0 Å². The summed E-state index contributed by atoms with van der Waals surface area (Å²) in [6, 6.07) is 0. The van der Waals surface area contributed by atoms with Crippen molar-refractivity contribution in [1.82, 2.24) is 14.7 Å². The van der Waals surface area contributed by atoms with Gasteiger partial charge in [0.05, 0.1) is 19.6 Å². The third kappa shape index (κ3) is 8.49. The van der Waals surface area contributed by atoms with Gasteiger partial charge in [0.25, 0.3) is 0 Å². The number of halogens is 1. The van der Waals surface area contributed by atoms with Gasteiger partial charge in [0.2, 0.25) is 0 Å². The van der Waals surface area contributed by atoms with Gasteiger partial charge in [0.1, 0.15) is 0 Å². The van der Waals surface area contributed by atoms with Crippen LogP contribution in [0.4, 0.5) is 4.70 Å². The maximum atomic E-state index is 10.8. The van der Waals surface area contributed by atoms with Gasteiger partial charge in [0, 0.05) is 39.3 Å². The van der Waals surface area contributed by atoms with E-state index in [-0.39, 0.29) is 24.3 Å². The minimum atomic E-state index is -0.955. The van der Waals surface area contributed by atoms with Crippen LogP contribution in [0.15, 0.2) is 0 Å². The first-order valence-corrected chi connectivity index (χ1v) is 6.69. The van der Waals surface area contributed by atoms with E-state index in [4.69, 9.17) is 15.3 Å². The van der Waals surface area contributed by atoms with Gasteiger partial charge < -0.3 is 15.3 Å². The Labute approximate surface area is 127 Å². The normalized spacial score (nSPS) is 18.5. The maximum absolute atomic E-state index is 10.8. The van der Waals surface area contributed by atoms with Crippen molar-refractivity contribution in [2.75, 3.05) is 58.9 Å². The molecule has 1 fully saturated rings. The quantitative estimate of drug-likeness (QED) is 0.526. The lowest BCUT2D eigenvalue weighted by Crippen LogP contribution is -2.40. The molecule has 0 amide bonds. The molecule has 1 heterocycles. The molecule has 0 aliphatic carbocycles. The Kier molecular flexibility index (Phi) is 9.22. The Balaban J connectivity index is 0.00000441. The zero-order chi connectivity index (χ0) is 15.8. The number of carbonyl (C=O) groups is 3. The third-order valence-electron chi connectivity index (χ3n) is 3.27. The molecule has 1 aliphatic rings. The van der Waals surface area contributed by atoms with Crippen LogP contribution in [-0.2, 0) is 14.4 Å². The lowest BCUT2D eigenvalue weighted by Gasteiger charge is -2.23. The van der Waals surface area contributed by atoms with Crippen molar-refractivity contribution in [1.29, 1.82) is 0 Å². The standard InChI is InChI=1S/C12H21N3O6.FH/c16-10(17)7-13-1-2-14(8-11(18)19)5-6-15(4-3-13)9-12(20)21;/h1-9H2,(H,16,17)(H,18,19)(H,20,21);1H/i;1-1. The molecule has 0 aromatic carbocycles. The van der Waals surface area contributed by atoms with E-state index in [1.807, 2.05) is 0 Å². The molecule has 0 unspecified atom stereocenters. The van der Waals surface area contributed by atoms with Crippen molar-refractivity contribution in [2.45, 2.75) is 0 Å². The summed E-state index contributed by atoms with van der Waals surface area (Å²) >= 11 is 0. The molecule has 0 aromatic rings. The van der Waals surface area contributed by atoms with E-state index in [0.29, 0.717) is 39.3 Å². The van der Waals surface area contributed by atoms with Crippen LogP contribution < -0.4 is 0 Å². The van der Waals surface area contributed by atoms with Crippen LogP contribution in [0, 0.1) is 0 Å². The lowest BCUT2D eigenvalue weighted by molar-refractivity contribution is -0.140. The van der Waals surface area contributed by atoms with Crippen molar-refractivity contribution >= 4 is 17.9 Å². The molecular weight excluding hydrogens is 300 g/mol. The molecule has 1 rings (SSSR count). The van der Waals surface area contributed by atoms with E-state index in [2.05, 4.69) is 0 Å². The number of aliphatic carboxylic acids is 3. The highest BCUT2D eigenvalue weighted by Gasteiger charge is 2.20. The number of carboxylic acid groups (broad SMARTS) is 3. The van der Waals surface area contributed by atoms with Gasteiger partial charge in [-0.05, 0) is 0 Å². The molecule has 0 spiro atoms. The van der Waals surface area contributed by atoms with E-state index in [9.17, 15) is 14.4 Å². The van der Waals surface area contributed by atoms with Crippen molar-refractivity contribution in [3.63, 3.8) is 0 Å². The van der Waals surface area contributed by atoms with Crippen molar-refractivity contribution < 1.29 is 34.4 Å². The molecule has 0 saturated carbocycles. The minimum Gasteiger partial charge on any atom is -0.480 e. The minimum absolute atomic E-state index is 0. The second-order valence-corrected chi connectivity index (χ2v) is 5.01. The molecule has 10 heteroatoms. The SMILES string of the molecule is O=C(O)CN1CCN(CC(=O)O)CCN(CC(=O)O)CC1.[18FH]. The molecule has 22 heavy (non-hydrogen) atoms. The molecule has 0 bridgehead atoms. The number of hydrogen-bond acceptors (Lipinski definition) is 6. The highest BCUT2D eigenvalue weighted by Crippen LogP contribution is 2.00. The van der Waals surface area contributed by atoms with Gasteiger partial charge in [0.15, 0.2) is 0 Å². The average molecular weight is 322 g/mol. The zero-order valence-corrected chi connectivity index (χ0v) is 12.2. The van der Waals surface area contributed by atoms with Gasteiger partial charge in [-0.15, -0.1) is 0 Å². The molecule has 128 valence electrons. The third-order valence-corrected chi connectivity index (χ3v) is 3.27. The van der Waals surface area contributed by atoms with Crippen LogP contribution in [0.1, 0.15) is 0 Å². The van der Waals surface area contributed by atoms with Gasteiger partial charge in [-0.25, -0.2) is 0 Å². The average Bonchev–Trinajstić information content (AvgIpc) is 2.42. The second-order valence-electron chi connectivity index (χ2n) is 5.01. The Morgan fingerprint density at radius 2 is 0.773 bits per heavy atom. The van der Waals surface area contributed by atoms with E-state index in [0.717, 1.165) is 0 Å². The summed E-state index contributed by atoms with van der Waals surface area (Å²) < 4.78 is 0. The summed E-state index contributed by atoms with van der Waals surface area (Å²) in [6.07, 6.45) is 0. The molecule has 1 aliphatic heterocycles. The van der Waals surface area contributed by atoms with Crippen molar-refractivity contribution in [3.05, 3.63) is 0 Å². The van der Waals surface area contributed by atoms with Crippen molar-refractivity contribution in [2.24, 2.45) is 0 Å². The highest BCUT2D eigenvalue weighted by molar-refractivity contribution is 5.70. The lowest BCUT2D eigenvalue weighted by atomic mass is 10.4. The Morgan fingerprint density at radius 1 is 0.591 bits per heavy atom. The maximum Gasteiger partial charge on any atom is 0.317 e. The monoisotopic (exact) mass is 322 g/mol. The van der Waals surface area contributed by atoms with E-state index in [1.54, 1.807) is 14.7 Å². The molecule has 0 aromatic heterocycles. The van der Waals surface area contributed by atoms with Crippen LogP contribution in [0.25, 0.3) is 0 Å². The van der Waals surface area contributed by atoms with E-state index in [1.165, 1.54) is 0 Å². The highest BCUT2D eigenvalue weighted by atomic mass is 18.0. The topological polar surface area (TPSA) is 122 Å². The number of nitrogens with zero attached hydrogens (tertiary/aromatic N) is 3. The first-order chi connectivity index (χ1) is 9.86. The molecular formula is C12H22FN3O6. The van der Waals surface area contributed by atoms with E-state index >= 15 is 0 Å². The van der Waals surface area contributed by atoms with Gasteiger partial charge >= 0.3 is 17.9 Å². The summed E-state index contributed by atoms with van der Waals surface area (Å²) in [4.78, 5) is 37.5. The summed E-state index contributed by atoms with van der Waals surface area (Å²) in [5.74, 6) is -2.86. The largest absolute Gasteiger partial charge is 0.480 e. The number of carboxylic acids is 3. The fourth-order valence-electron chi connectivity index (χ4n) is 2.23. The molecule has 0 radical (unpaired) electrons. The summed E-state index contributed by atoms with van der Waals surface area (Å²) in [5.41, 5.74) is 0. The Bertz CT molecular complexity index is 326. The number of hydrogen-bond donors (Lipinski definition) is 3. The van der Waals surface area contributed by atoms with E-state index < -0.39 is 17.9 Å². The fraction of sp³-hybridized carbons (Fsp3) is 0.750. The molecule has 3 N–H and O–H groups in total. The zero-order valence-electron chi connectivity index (χ0n) is 12.2. The smallest absolute Gasteiger partial charge is 0.317 e. The Hall–Kier alpha value is -1.78. The summed E-state index contributed by atoms with van der Waals surface area (Å²) in [7, 11) is 0. The van der Waals surface area contributed by atoms with Crippen LogP contribution in [0.3, 0.4) is 0 Å². The van der Waals surface area contributed by atoms with Crippen molar-refractivity contribution in [3.8, 4) is 0 Å².